The Morgan fingerprint density at radius 2 is 2.18 bits per heavy atom. The van der Waals surface area contributed by atoms with Gasteiger partial charge in [-0.3, -0.25) is 4.79 Å². The second kappa shape index (κ2) is 7.70. The molecular formula is C14H28N2O. The number of amides is 1. The van der Waals surface area contributed by atoms with Crippen molar-refractivity contribution in [1.82, 2.24) is 10.2 Å². The van der Waals surface area contributed by atoms with Gasteiger partial charge in [-0.1, -0.05) is 26.7 Å². The van der Waals surface area contributed by atoms with Crippen molar-refractivity contribution in [2.24, 2.45) is 0 Å². The van der Waals surface area contributed by atoms with Crippen molar-refractivity contribution in [3.63, 3.8) is 0 Å². The lowest BCUT2D eigenvalue weighted by Crippen LogP contribution is -2.51. The normalized spacial score (nSPS) is 22.2. The first-order valence-electron chi connectivity index (χ1n) is 7.24. The third kappa shape index (κ3) is 4.30. The van der Waals surface area contributed by atoms with Crippen LogP contribution in [0.25, 0.3) is 0 Å². The summed E-state index contributed by atoms with van der Waals surface area (Å²) in [6.07, 6.45) is 6.72. The molecule has 2 atom stereocenters. The zero-order valence-corrected chi connectivity index (χ0v) is 11.7. The standard InChI is InChI=1S/C14H28N2O/c1-4-6-11-16(12(3)5-2)14(17)13-9-7-8-10-15-13/h12-13,15H,4-11H2,1-3H3/t12?,13-/m1/s1. The maximum atomic E-state index is 12.5. The highest BCUT2D eigenvalue weighted by molar-refractivity contribution is 5.82. The van der Waals surface area contributed by atoms with Crippen molar-refractivity contribution in [3.05, 3.63) is 0 Å². The van der Waals surface area contributed by atoms with Gasteiger partial charge in [0, 0.05) is 12.6 Å². The Morgan fingerprint density at radius 1 is 1.41 bits per heavy atom. The fraction of sp³-hybridized carbons (Fsp3) is 0.929. The van der Waals surface area contributed by atoms with E-state index in [1.54, 1.807) is 0 Å². The second-order valence-electron chi connectivity index (χ2n) is 5.14. The molecule has 0 aromatic carbocycles. The molecule has 0 radical (unpaired) electrons. The van der Waals surface area contributed by atoms with Gasteiger partial charge in [-0.25, -0.2) is 0 Å². The Kier molecular flexibility index (Phi) is 6.56. The van der Waals surface area contributed by atoms with E-state index in [0.29, 0.717) is 11.9 Å². The van der Waals surface area contributed by atoms with Crippen LogP contribution >= 0.6 is 0 Å². The van der Waals surface area contributed by atoms with Crippen molar-refractivity contribution in [1.29, 1.82) is 0 Å². The van der Waals surface area contributed by atoms with Crippen LogP contribution in [-0.2, 0) is 4.79 Å². The largest absolute Gasteiger partial charge is 0.339 e. The number of carbonyl (C=O) groups excluding carboxylic acids is 1. The van der Waals surface area contributed by atoms with Gasteiger partial charge in [0.1, 0.15) is 0 Å². The molecule has 1 aliphatic rings. The minimum atomic E-state index is 0.0783. The van der Waals surface area contributed by atoms with E-state index < -0.39 is 0 Å². The van der Waals surface area contributed by atoms with E-state index in [2.05, 4.69) is 31.0 Å². The molecule has 1 unspecified atom stereocenters. The van der Waals surface area contributed by atoms with Crippen molar-refractivity contribution in [2.45, 2.75) is 71.4 Å². The SMILES string of the molecule is CCCCN(C(=O)[C@H]1CCCCN1)C(C)CC. The van der Waals surface area contributed by atoms with Crippen LogP contribution in [0.3, 0.4) is 0 Å². The molecule has 0 spiro atoms. The van der Waals surface area contributed by atoms with E-state index in [9.17, 15) is 4.79 Å². The number of rotatable bonds is 6. The monoisotopic (exact) mass is 240 g/mol. The molecule has 1 fully saturated rings. The van der Waals surface area contributed by atoms with Gasteiger partial charge in [-0.15, -0.1) is 0 Å². The molecule has 0 aliphatic carbocycles. The number of unbranched alkanes of at least 4 members (excludes halogenated alkanes) is 1. The van der Waals surface area contributed by atoms with Crippen molar-refractivity contribution < 1.29 is 4.79 Å². The first-order chi connectivity index (χ1) is 8.20. The van der Waals surface area contributed by atoms with Crippen LogP contribution in [0.2, 0.25) is 0 Å². The van der Waals surface area contributed by atoms with Crippen LogP contribution in [-0.4, -0.2) is 36.0 Å². The molecule has 0 aromatic heterocycles. The molecule has 1 aliphatic heterocycles. The Morgan fingerprint density at radius 3 is 2.71 bits per heavy atom. The summed E-state index contributed by atoms with van der Waals surface area (Å²) in [4.78, 5) is 14.6. The predicted octanol–water partition coefficient (Wildman–Crippen LogP) is 2.56. The van der Waals surface area contributed by atoms with Crippen LogP contribution < -0.4 is 5.32 Å². The molecule has 1 amide bonds. The van der Waals surface area contributed by atoms with Gasteiger partial charge in [0.15, 0.2) is 0 Å². The van der Waals surface area contributed by atoms with E-state index >= 15 is 0 Å². The summed E-state index contributed by atoms with van der Waals surface area (Å²) >= 11 is 0. The average molecular weight is 240 g/mol. The Hall–Kier alpha value is -0.570. The van der Waals surface area contributed by atoms with Crippen LogP contribution in [0.1, 0.15) is 59.3 Å². The molecule has 1 heterocycles. The van der Waals surface area contributed by atoms with E-state index in [-0.39, 0.29) is 6.04 Å². The number of hydrogen-bond donors (Lipinski definition) is 1. The zero-order valence-electron chi connectivity index (χ0n) is 11.7. The Bertz CT molecular complexity index is 224. The van der Waals surface area contributed by atoms with Crippen LogP contribution in [0.4, 0.5) is 0 Å². The summed E-state index contributed by atoms with van der Waals surface area (Å²) < 4.78 is 0. The maximum Gasteiger partial charge on any atom is 0.239 e. The van der Waals surface area contributed by atoms with Crippen molar-refractivity contribution in [2.75, 3.05) is 13.1 Å². The molecule has 1 saturated heterocycles. The summed E-state index contributed by atoms with van der Waals surface area (Å²) in [6.45, 7) is 8.42. The summed E-state index contributed by atoms with van der Waals surface area (Å²) in [5.41, 5.74) is 0. The molecular weight excluding hydrogens is 212 g/mol. The van der Waals surface area contributed by atoms with E-state index in [4.69, 9.17) is 0 Å². The topological polar surface area (TPSA) is 32.3 Å². The van der Waals surface area contributed by atoms with E-state index in [1.807, 2.05) is 0 Å². The molecule has 3 heteroatoms. The van der Waals surface area contributed by atoms with Crippen LogP contribution in [0, 0.1) is 0 Å². The van der Waals surface area contributed by atoms with Crippen molar-refractivity contribution in [3.8, 4) is 0 Å². The average Bonchev–Trinajstić information content (AvgIpc) is 2.39. The van der Waals surface area contributed by atoms with Crippen LogP contribution in [0.5, 0.6) is 0 Å². The fourth-order valence-corrected chi connectivity index (χ4v) is 2.36. The summed E-state index contributed by atoms with van der Waals surface area (Å²) in [7, 11) is 0. The smallest absolute Gasteiger partial charge is 0.239 e. The molecule has 17 heavy (non-hydrogen) atoms. The van der Waals surface area contributed by atoms with E-state index in [0.717, 1.165) is 38.8 Å². The van der Waals surface area contributed by atoms with Gasteiger partial charge in [0.05, 0.1) is 6.04 Å². The summed E-state index contributed by atoms with van der Waals surface area (Å²) in [6, 6.07) is 0.451. The Labute approximate surface area is 106 Å². The highest BCUT2D eigenvalue weighted by atomic mass is 16.2. The van der Waals surface area contributed by atoms with E-state index in [1.165, 1.54) is 12.8 Å². The molecule has 1 rings (SSSR count). The first-order valence-corrected chi connectivity index (χ1v) is 7.24. The summed E-state index contributed by atoms with van der Waals surface area (Å²) in [5.74, 6) is 0.326. The molecule has 0 saturated carbocycles. The van der Waals surface area contributed by atoms with Crippen molar-refractivity contribution >= 4 is 5.91 Å². The Balaban J connectivity index is 2.56. The molecule has 1 N–H and O–H groups in total. The van der Waals surface area contributed by atoms with Gasteiger partial charge < -0.3 is 10.2 Å². The lowest BCUT2D eigenvalue weighted by Gasteiger charge is -2.34. The second-order valence-corrected chi connectivity index (χ2v) is 5.14. The predicted molar refractivity (Wildman–Crippen MR) is 72.0 cm³/mol. The van der Waals surface area contributed by atoms with Gasteiger partial charge in [0.25, 0.3) is 0 Å². The highest BCUT2D eigenvalue weighted by Gasteiger charge is 2.27. The zero-order chi connectivity index (χ0) is 12.7. The minimum absolute atomic E-state index is 0.0783. The third-order valence-corrected chi connectivity index (χ3v) is 3.77. The highest BCUT2D eigenvalue weighted by Crippen LogP contribution is 2.14. The number of nitrogens with one attached hydrogen (secondary N) is 1. The fourth-order valence-electron chi connectivity index (χ4n) is 2.36. The van der Waals surface area contributed by atoms with Gasteiger partial charge in [-0.2, -0.15) is 0 Å². The minimum Gasteiger partial charge on any atom is -0.339 e. The van der Waals surface area contributed by atoms with Gasteiger partial charge in [0.2, 0.25) is 5.91 Å². The lowest BCUT2D eigenvalue weighted by molar-refractivity contribution is -0.136. The maximum absolute atomic E-state index is 12.5. The third-order valence-electron chi connectivity index (χ3n) is 3.77. The number of carbonyl (C=O) groups is 1. The lowest BCUT2D eigenvalue weighted by atomic mass is 10.0. The molecule has 3 nitrogen and oxygen atoms in total. The number of nitrogens with zero attached hydrogens (tertiary/aromatic N) is 1. The first kappa shape index (κ1) is 14.5. The van der Waals surface area contributed by atoms with Gasteiger partial charge >= 0.3 is 0 Å². The molecule has 0 aromatic rings. The van der Waals surface area contributed by atoms with Crippen LogP contribution in [0.15, 0.2) is 0 Å². The quantitative estimate of drug-likeness (QED) is 0.774. The number of piperidine rings is 1. The molecule has 0 bridgehead atoms. The molecule has 100 valence electrons. The van der Waals surface area contributed by atoms with Gasteiger partial charge in [-0.05, 0) is 39.2 Å². The number of hydrogen-bond acceptors (Lipinski definition) is 2. The summed E-state index contributed by atoms with van der Waals surface area (Å²) in [5, 5.41) is 3.36.